The molecule has 0 atom stereocenters. The first-order valence-electron chi connectivity index (χ1n) is 6.50. The molecule has 0 aliphatic carbocycles. The van der Waals surface area contributed by atoms with Crippen molar-refractivity contribution < 1.29 is 4.79 Å². The van der Waals surface area contributed by atoms with Crippen molar-refractivity contribution in [2.24, 2.45) is 5.92 Å². The molecule has 0 heterocycles. The van der Waals surface area contributed by atoms with E-state index >= 15 is 0 Å². The number of anilines is 1. The lowest BCUT2D eigenvalue weighted by Gasteiger charge is -2.17. The topological polar surface area (TPSA) is 56.1 Å². The molecule has 0 saturated heterocycles. The van der Waals surface area contributed by atoms with E-state index in [-0.39, 0.29) is 5.91 Å². The van der Waals surface area contributed by atoms with Crippen LogP contribution < -0.4 is 5.32 Å². The summed E-state index contributed by atoms with van der Waals surface area (Å²) < 4.78 is 0. The van der Waals surface area contributed by atoms with E-state index in [9.17, 15) is 4.79 Å². The second-order valence-corrected chi connectivity index (χ2v) is 5.16. The van der Waals surface area contributed by atoms with E-state index in [1.165, 1.54) is 0 Å². The van der Waals surface area contributed by atoms with Crippen LogP contribution in [0.1, 0.15) is 25.8 Å². The van der Waals surface area contributed by atoms with Crippen molar-refractivity contribution in [2.75, 3.05) is 25.5 Å². The van der Waals surface area contributed by atoms with Crippen molar-refractivity contribution in [3.63, 3.8) is 0 Å². The lowest BCUT2D eigenvalue weighted by molar-refractivity contribution is -0.117. The first-order chi connectivity index (χ1) is 9.01. The van der Waals surface area contributed by atoms with Gasteiger partial charge in [-0.2, -0.15) is 5.26 Å². The fraction of sp³-hybridized carbons (Fsp3) is 0.467. The van der Waals surface area contributed by atoms with E-state index in [1.807, 2.05) is 18.0 Å². The van der Waals surface area contributed by atoms with Crippen molar-refractivity contribution in [3.8, 4) is 6.07 Å². The molecule has 1 amide bonds. The van der Waals surface area contributed by atoms with Crippen molar-refractivity contribution in [2.45, 2.75) is 20.3 Å². The molecule has 0 saturated carbocycles. The van der Waals surface area contributed by atoms with Crippen LogP contribution in [0.4, 0.5) is 5.69 Å². The Hall–Kier alpha value is -1.86. The third-order valence-corrected chi connectivity index (χ3v) is 2.80. The summed E-state index contributed by atoms with van der Waals surface area (Å²) in [6.45, 7) is 5.64. The molecule has 0 bridgehead atoms. The summed E-state index contributed by atoms with van der Waals surface area (Å²) in [5, 5.41) is 11.5. The Balaban J connectivity index is 2.40. The number of benzene rings is 1. The van der Waals surface area contributed by atoms with Gasteiger partial charge in [-0.3, -0.25) is 9.69 Å². The van der Waals surface area contributed by atoms with Crippen LogP contribution in [0.3, 0.4) is 0 Å². The minimum atomic E-state index is -0.0315. The number of rotatable bonds is 6. The van der Waals surface area contributed by atoms with Gasteiger partial charge in [0.15, 0.2) is 0 Å². The van der Waals surface area contributed by atoms with Gasteiger partial charge in [0.25, 0.3) is 0 Å². The molecule has 0 unspecified atom stereocenters. The van der Waals surface area contributed by atoms with Crippen LogP contribution in [0.25, 0.3) is 0 Å². The molecule has 4 nitrogen and oxygen atoms in total. The van der Waals surface area contributed by atoms with Gasteiger partial charge in [-0.05, 0) is 50.2 Å². The van der Waals surface area contributed by atoms with Gasteiger partial charge in [0.1, 0.15) is 0 Å². The molecule has 0 aliphatic rings. The van der Waals surface area contributed by atoms with Gasteiger partial charge in [-0.1, -0.05) is 13.8 Å². The first kappa shape index (κ1) is 15.2. The molecular formula is C15H21N3O. The quantitative estimate of drug-likeness (QED) is 0.854. The molecular weight excluding hydrogens is 238 g/mol. The summed E-state index contributed by atoms with van der Waals surface area (Å²) in [6.07, 6.45) is 1.08. The number of amides is 1. The van der Waals surface area contributed by atoms with E-state index in [0.29, 0.717) is 18.0 Å². The summed E-state index contributed by atoms with van der Waals surface area (Å²) in [5.41, 5.74) is 1.31. The Labute approximate surface area is 115 Å². The third-order valence-electron chi connectivity index (χ3n) is 2.80. The average molecular weight is 259 g/mol. The molecule has 19 heavy (non-hydrogen) atoms. The van der Waals surface area contributed by atoms with E-state index in [1.54, 1.807) is 24.3 Å². The van der Waals surface area contributed by atoms with E-state index in [0.717, 1.165) is 18.7 Å². The monoisotopic (exact) mass is 259 g/mol. The Kier molecular flexibility index (Phi) is 6.04. The van der Waals surface area contributed by atoms with Crippen LogP contribution in [0.15, 0.2) is 24.3 Å². The van der Waals surface area contributed by atoms with Crippen LogP contribution >= 0.6 is 0 Å². The van der Waals surface area contributed by atoms with E-state index in [4.69, 9.17) is 5.26 Å². The van der Waals surface area contributed by atoms with Gasteiger partial charge in [0.2, 0.25) is 5.91 Å². The summed E-state index contributed by atoms with van der Waals surface area (Å²) in [6, 6.07) is 8.91. The van der Waals surface area contributed by atoms with Crippen LogP contribution in [0.5, 0.6) is 0 Å². The van der Waals surface area contributed by atoms with Crippen molar-refractivity contribution in [3.05, 3.63) is 29.8 Å². The highest BCUT2D eigenvalue weighted by molar-refractivity contribution is 5.92. The largest absolute Gasteiger partial charge is 0.325 e. The van der Waals surface area contributed by atoms with Crippen molar-refractivity contribution in [1.29, 1.82) is 5.26 Å². The normalized spacial score (nSPS) is 10.5. The molecule has 0 fully saturated rings. The summed E-state index contributed by atoms with van der Waals surface area (Å²) in [7, 11) is 1.95. The number of carbonyl (C=O) groups excluding carboxylic acids is 1. The van der Waals surface area contributed by atoms with Gasteiger partial charge in [-0.25, -0.2) is 0 Å². The standard InChI is InChI=1S/C15H21N3O/c1-12(2)8-9-18(3)11-15(19)17-14-6-4-13(10-16)5-7-14/h4-7,12H,8-9,11H2,1-3H3,(H,17,19). The smallest absolute Gasteiger partial charge is 0.238 e. The number of carbonyl (C=O) groups is 1. The predicted molar refractivity (Wildman–Crippen MR) is 76.7 cm³/mol. The van der Waals surface area contributed by atoms with Crippen molar-refractivity contribution >= 4 is 11.6 Å². The SMILES string of the molecule is CC(C)CCN(C)CC(=O)Nc1ccc(C#N)cc1. The highest BCUT2D eigenvalue weighted by atomic mass is 16.2. The Morgan fingerprint density at radius 1 is 1.37 bits per heavy atom. The van der Waals surface area contributed by atoms with Crippen LogP contribution in [-0.4, -0.2) is 30.9 Å². The molecule has 1 aromatic carbocycles. The van der Waals surface area contributed by atoms with Gasteiger partial charge >= 0.3 is 0 Å². The molecule has 102 valence electrons. The Morgan fingerprint density at radius 3 is 2.53 bits per heavy atom. The third kappa shape index (κ3) is 6.03. The number of hydrogen-bond acceptors (Lipinski definition) is 3. The Morgan fingerprint density at radius 2 is 2.00 bits per heavy atom. The fourth-order valence-corrected chi connectivity index (χ4v) is 1.63. The number of nitrogens with zero attached hydrogens (tertiary/aromatic N) is 2. The maximum absolute atomic E-state index is 11.8. The van der Waals surface area contributed by atoms with Crippen molar-refractivity contribution in [1.82, 2.24) is 4.90 Å². The number of nitrogens with one attached hydrogen (secondary N) is 1. The minimum Gasteiger partial charge on any atom is -0.325 e. The average Bonchev–Trinajstić information content (AvgIpc) is 2.37. The molecule has 1 rings (SSSR count). The summed E-state index contributed by atoms with van der Waals surface area (Å²) >= 11 is 0. The highest BCUT2D eigenvalue weighted by Crippen LogP contribution is 2.08. The molecule has 0 aromatic heterocycles. The van der Waals surface area contributed by atoms with E-state index < -0.39 is 0 Å². The first-order valence-corrected chi connectivity index (χ1v) is 6.50. The molecule has 0 spiro atoms. The zero-order valence-corrected chi connectivity index (χ0v) is 11.8. The molecule has 4 heteroatoms. The van der Waals surface area contributed by atoms with Gasteiger partial charge < -0.3 is 5.32 Å². The number of likely N-dealkylation sites (N-methyl/N-ethyl adjacent to an activating group) is 1. The molecule has 0 radical (unpaired) electrons. The Bertz CT molecular complexity index is 445. The lowest BCUT2D eigenvalue weighted by atomic mass is 10.1. The lowest BCUT2D eigenvalue weighted by Crippen LogP contribution is -2.31. The number of hydrogen-bond donors (Lipinski definition) is 1. The summed E-state index contributed by atoms with van der Waals surface area (Å²) in [5.74, 6) is 0.611. The van der Waals surface area contributed by atoms with Gasteiger partial charge in [0, 0.05) is 5.69 Å². The summed E-state index contributed by atoms with van der Waals surface area (Å²) in [4.78, 5) is 13.8. The highest BCUT2D eigenvalue weighted by Gasteiger charge is 2.07. The van der Waals surface area contributed by atoms with Crippen LogP contribution in [0.2, 0.25) is 0 Å². The maximum Gasteiger partial charge on any atom is 0.238 e. The second kappa shape index (κ2) is 7.55. The molecule has 1 aromatic rings. The van der Waals surface area contributed by atoms with Gasteiger partial charge in [-0.15, -0.1) is 0 Å². The predicted octanol–water partition coefficient (Wildman–Crippen LogP) is 2.47. The fourth-order valence-electron chi connectivity index (χ4n) is 1.63. The maximum atomic E-state index is 11.8. The number of nitriles is 1. The molecule has 0 aliphatic heterocycles. The minimum absolute atomic E-state index is 0.0315. The van der Waals surface area contributed by atoms with Crippen LogP contribution in [-0.2, 0) is 4.79 Å². The molecule has 1 N–H and O–H groups in total. The zero-order chi connectivity index (χ0) is 14.3. The van der Waals surface area contributed by atoms with E-state index in [2.05, 4.69) is 19.2 Å². The second-order valence-electron chi connectivity index (χ2n) is 5.16. The van der Waals surface area contributed by atoms with Gasteiger partial charge in [0.05, 0.1) is 18.2 Å². The zero-order valence-electron chi connectivity index (χ0n) is 11.8. The van der Waals surface area contributed by atoms with Crippen LogP contribution in [0, 0.1) is 17.2 Å².